The molecule has 0 unspecified atom stereocenters. The molecule has 1 fully saturated rings. The highest BCUT2D eigenvalue weighted by Crippen LogP contribution is 2.24. The van der Waals surface area contributed by atoms with Gasteiger partial charge < -0.3 is 9.67 Å². The van der Waals surface area contributed by atoms with Crippen molar-refractivity contribution < 1.29 is 5.11 Å². The van der Waals surface area contributed by atoms with Gasteiger partial charge in [0.25, 0.3) is 0 Å². The summed E-state index contributed by atoms with van der Waals surface area (Å²) in [5.41, 5.74) is 2.48. The lowest BCUT2D eigenvalue weighted by molar-refractivity contribution is 0.0571. The third-order valence-electron chi connectivity index (χ3n) is 4.77. The van der Waals surface area contributed by atoms with Crippen molar-refractivity contribution in [3.05, 3.63) is 54.1 Å². The highest BCUT2D eigenvalue weighted by molar-refractivity contribution is 5.15. The maximum atomic E-state index is 10.5. The lowest BCUT2D eigenvalue weighted by Crippen LogP contribution is -2.38. The van der Waals surface area contributed by atoms with E-state index in [-0.39, 0.29) is 6.10 Å². The van der Waals surface area contributed by atoms with E-state index in [2.05, 4.69) is 26.6 Å². The first kappa shape index (κ1) is 15.3. The molecule has 1 aliphatic rings. The summed E-state index contributed by atoms with van der Waals surface area (Å²) in [5, 5.41) is 10.5. The third kappa shape index (κ3) is 3.76. The minimum atomic E-state index is -0.221. The van der Waals surface area contributed by atoms with Crippen LogP contribution in [0.2, 0.25) is 0 Å². The summed E-state index contributed by atoms with van der Waals surface area (Å²) < 4.78 is 2.08. The van der Waals surface area contributed by atoms with E-state index in [0.29, 0.717) is 5.92 Å². The van der Waals surface area contributed by atoms with Gasteiger partial charge in [-0.3, -0.25) is 4.90 Å². The van der Waals surface area contributed by atoms with Crippen LogP contribution in [-0.4, -0.2) is 38.8 Å². The van der Waals surface area contributed by atoms with Gasteiger partial charge in [0.2, 0.25) is 0 Å². The minimum Gasteiger partial charge on any atom is -0.392 e. The van der Waals surface area contributed by atoms with Crippen molar-refractivity contribution in [3.8, 4) is 0 Å². The molecule has 3 rings (SSSR count). The first-order valence-electron chi connectivity index (χ1n) is 8.12. The van der Waals surface area contributed by atoms with E-state index in [9.17, 15) is 5.11 Å². The summed E-state index contributed by atoms with van der Waals surface area (Å²) in [6, 6.07) is 10.3. The number of imidazole rings is 1. The molecule has 118 valence electrons. The molecule has 4 heteroatoms. The van der Waals surface area contributed by atoms with Crippen LogP contribution in [0, 0.1) is 5.92 Å². The summed E-state index contributed by atoms with van der Waals surface area (Å²) in [5.74, 6) is 0.419. The molecule has 22 heavy (non-hydrogen) atoms. The van der Waals surface area contributed by atoms with Gasteiger partial charge in [-0.25, -0.2) is 4.98 Å². The van der Waals surface area contributed by atoms with Crippen LogP contribution in [-0.2, 0) is 20.0 Å². The number of hydrogen-bond acceptors (Lipinski definition) is 3. The largest absolute Gasteiger partial charge is 0.392 e. The van der Waals surface area contributed by atoms with E-state index in [1.54, 1.807) is 0 Å². The monoisotopic (exact) mass is 299 g/mol. The maximum Gasteiger partial charge on any atom is 0.0945 e. The van der Waals surface area contributed by atoms with Crippen LogP contribution in [0.25, 0.3) is 0 Å². The quantitative estimate of drug-likeness (QED) is 0.920. The van der Waals surface area contributed by atoms with Crippen molar-refractivity contribution in [2.24, 2.45) is 13.0 Å². The number of benzene rings is 1. The Bertz CT molecular complexity index is 573. The van der Waals surface area contributed by atoms with Gasteiger partial charge in [-0.2, -0.15) is 0 Å². The molecule has 1 N–H and O–H groups in total. The van der Waals surface area contributed by atoms with Crippen molar-refractivity contribution in [1.29, 1.82) is 0 Å². The van der Waals surface area contributed by atoms with Crippen molar-refractivity contribution in [2.75, 3.05) is 13.1 Å². The number of aliphatic hydroxyl groups excluding tert-OH is 1. The third-order valence-corrected chi connectivity index (χ3v) is 4.77. The molecule has 0 amide bonds. The smallest absolute Gasteiger partial charge is 0.0945 e. The molecule has 0 bridgehead atoms. The lowest BCUT2D eigenvalue weighted by Gasteiger charge is -2.34. The number of likely N-dealkylation sites (tertiary alicyclic amines) is 1. The van der Waals surface area contributed by atoms with Gasteiger partial charge in [-0.05, 0) is 43.8 Å². The number of hydrogen-bond donors (Lipinski definition) is 1. The fourth-order valence-electron chi connectivity index (χ4n) is 3.28. The fourth-order valence-corrected chi connectivity index (χ4v) is 3.28. The average Bonchev–Trinajstić information content (AvgIpc) is 2.94. The van der Waals surface area contributed by atoms with Gasteiger partial charge in [0.15, 0.2) is 0 Å². The summed E-state index contributed by atoms with van der Waals surface area (Å²) >= 11 is 0. The van der Waals surface area contributed by atoms with Gasteiger partial charge in [0, 0.05) is 19.8 Å². The van der Waals surface area contributed by atoms with E-state index in [0.717, 1.165) is 38.9 Å². The van der Waals surface area contributed by atoms with E-state index >= 15 is 0 Å². The maximum absolute atomic E-state index is 10.5. The van der Waals surface area contributed by atoms with Crippen LogP contribution >= 0.6 is 0 Å². The number of aryl methyl sites for hydroxylation is 1. The Balaban J connectivity index is 1.48. The molecule has 1 atom stereocenters. The van der Waals surface area contributed by atoms with Crippen molar-refractivity contribution >= 4 is 0 Å². The fraction of sp³-hybridized carbons (Fsp3) is 0.500. The second-order valence-corrected chi connectivity index (χ2v) is 6.37. The summed E-state index contributed by atoms with van der Waals surface area (Å²) in [7, 11) is 2.04. The Labute approximate surface area is 132 Å². The number of aliphatic hydroxyl groups is 1. The molecule has 1 saturated heterocycles. The van der Waals surface area contributed by atoms with Gasteiger partial charge in [0.1, 0.15) is 0 Å². The Hall–Kier alpha value is -1.65. The molecule has 2 aromatic rings. The lowest BCUT2D eigenvalue weighted by atomic mass is 9.88. The first-order chi connectivity index (χ1) is 10.7. The standard InChI is InChI=1S/C18H25N3O/c1-20-14-19-12-17(20)13-21-9-7-16(8-10-21)18(22)11-15-5-3-2-4-6-15/h2-6,12,14,16,18,22H,7-11,13H2,1H3/t18-/m0/s1. The SMILES string of the molecule is Cn1cncc1CN1CCC([C@@H](O)Cc2ccccc2)CC1. The van der Waals surface area contributed by atoms with Crippen molar-refractivity contribution in [1.82, 2.24) is 14.5 Å². The molecule has 0 aliphatic carbocycles. The molecule has 0 radical (unpaired) electrons. The minimum absolute atomic E-state index is 0.221. The summed E-state index contributed by atoms with van der Waals surface area (Å²) in [6.45, 7) is 3.07. The van der Waals surface area contributed by atoms with Crippen LogP contribution in [0.15, 0.2) is 42.9 Å². The van der Waals surface area contributed by atoms with E-state index in [1.165, 1.54) is 11.3 Å². The van der Waals surface area contributed by atoms with Crippen molar-refractivity contribution in [2.45, 2.75) is 31.9 Å². The van der Waals surface area contributed by atoms with Crippen molar-refractivity contribution in [3.63, 3.8) is 0 Å². The number of rotatable bonds is 5. The van der Waals surface area contributed by atoms with Crippen LogP contribution in [0.1, 0.15) is 24.1 Å². The summed E-state index contributed by atoms with van der Waals surface area (Å²) in [6.07, 6.45) is 6.49. The molecule has 4 nitrogen and oxygen atoms in total. The Morgan fingerprint density at radius 3 is 2.59 bits per heavy atom. The van der Waals surface area contributed by atoms with E-state index < -0.39 is 0 Å². The van der Waals surface area contributed by atoms with Gasteiger partial charge in [-0.1, -0.05) is 30.3 Å². The topological polar surface area (TPSA) is 41.3 Å². The predicted molar refractivity (Wildman–Crippen MR) is 87.4 cm³/mol. The van der Waals surface area contributed by atoms with Gasteiger partial charge in [0.05, 0.1) is 18.1 Å². The highest BCUT2D eigenvalue weighted by atomic mass is 16.3. The molecule has 0 spiro atoms. The second-order valence-electron chi connectivity index (χ2n) is 6.37. The van der Waals surface area contributed by atoms with Gasteiger partial charge in [-0.15, -0.1) is 0 Å². The van der Waals surface area contributed by atoms with E-state index in [1.807, 2.05) is 37.8 Å². The Morgan fingerprint density at radius 2 is 1.95 bits per heavy atom. The molecular formula is C18H25N3O. The van der Waals surface area contributed by atoms with Crippen LogP contribution < -0.4 is 0 Å². The Morgan fingerprint density at radius 1 is 1.23 bits per heavy atom. The molecular weight excluding hydrogens is 274 g/mol. The first-order valence-corrected chi connectivity index (χ1v) is 8.12. The predicted octanol–water partition coefficient (Wildman–Crippen LogP) is 2.24. The molecule has 2 heterocycles. The number of nitrogens with zero attached hydrogens (tertiary/aromatic N) is 3. The molecule has 1 aliphatic heterocycles. The normalized spacial score (nSPS) is 18.5. The number of piperidine rings is 1. The zero-order valence-electron chi connectivity index (χ0n) is 13.2. The molecule has 1 aromatic heterocycles. The average molecular weight is 299 g/mol. The van der Waals surface area contributed by atoms with E-state index in [4.69, 9.17) is 0 Å². The van der Waals surface area contributed by atoms with Crippen LogP contribution in [0.5, 0.6) is 0 Å². The zero-order chi connectivity index (χ0) is 15.4. The summed E-state index contributed by atoms with van der Waals surface area (Å²) in [4.78, 5) is 6.63. The molecule has 0 saturated carbocycles. The van der Waals surface area contributed by atoms with Crippen LogP contribution in [0.3, 0.4) is 0 Å². The highest BCUT2D eigenvalue weighted by Gasteiger charge is 2.25. The van der Waals surface area contributed by atoms with Gasteiger partial charge >= 0.3 is 0 Å². The molecule has 1 aromatic carbocycles. The Kier molecular flexibility index (Phi) is 4.90. The van der Waals surface area contributed by atoms with Crippen LogP contribution in [0.4, 0.5) is 0 Å². The second kappa shape index (κ2) is 7.07. The number of aromatic nitrogens is 2. The zero-order valence-corrected chi connectivity index (χ0v) is 13.2.